The highest BCUT2D eigenvalue weighted by Gasteiger charge is 2.28. The number of hydrogen-bond donors (Lipinski definition) is 0. The molecular formula is C10H7NO4S. The molecule has 0 fully saturated rings. The molecule has 0 atom stereocenters. The lowest BCUT2D eigenvalue weighted by Gasteiger charge is -2.01. The van der Waals surface area contributed by atoms with E-state index >= 15 is 0 Å². The van der Waals surface area contributed by atoms with Crippen LogP contribution in [0.25, 0.3) is 10.8 Å². The maximum atomic E-state index is 11.4. The fourth-order valence-corrected chi connectivity index (χ4v) is 2.38. The third kappa shape index (κ3) is 1.53. The summed E-state index contributed by atoms with van der Waals surface area (Å²) in [6, 6.07) is 11.1. The van der Waals surface area contributed by atoms with Gasteiger partial charge in [-0.1, -0.05) is 36.4 Å². The fraction of sp³-hybridized carbons (Fsp3) is 0. The third-order valence-electron chi connectivity index (χ3n) is 2.22. The van der Waals surface area contributed by atoms with Crippen molar-refractivity contribution < 1.29 is 12.7 Å². The smallest absolute Gasteiger partial charge is 0.247 e. The standard InChI is InChI=1S/C10H7NO4S/c12-11(13)16(14,15)10-7-3-5-8-4-1-2-6-9(8)10/h1-7H. The zero-order valence-electron chi connectivity index (χ0n) is 8.03. The first-order chi connectivity index (χ1) is 7.53. The lowest BCUT2D eigenvalue weighted by molar-refractivity contribution is -0.305. The van der Waals surface area contributed by atoms with Crippen molar-refractivity contribution in [3.63, 3.8) is 0 Å². The number of benzene rings is 2. The second-order valence-electron chi connectivity index (χ2n) is 3.18. The molecule has 0 unspecified atom stereocenters. The molecule has 0 spiro atoms. The van der Waals surface area contributed by atoms with Crippen LogP contribution in [0.15, 0.2) is 47.4 Å². The Kier molecular flexibility index (Phi) is 2.35. The van der Waals surface area contributed by atoms with Crippen LogP contribution in [0.4, 0.5) is 0 Å². The molecule has 2 aromatic rings. The van der Waals surface area contributed by atoms with E-state index in [1.54, 1.807) is 30.3 Å². The van der Waals surface area contributed by atoms with Gasteiger partial charge >= 0.3 is 10.0 Å². The molecular weight excluding hydrogens is 230 g/mol. The van der Waals surface area contributed by atoms with Crippen molar-refractivity contribution >= 4 is 20.8 Å². The first-order valence-corrected chi connectivity index (χ1v) is 5.85. The van der Waals surface area contributed by atoms with E-state index in [-0.39, 0.29) is 4.90 Å². The van der Waals surface area contributed by atoms with E-state index in [4.69, 9.17) is 0 Å². The van der Waals surface area contributed by atoms with Crippen LogP contribution in [0.5, 0.6) is 0 Å². The molecule has 6 heteroatoms. The number of hydrogen-bond acceptors (Lipinski definition) is 4. The molecule has 0 aliphatic carbocycles. The van der Waals surface area contributed by atoms with Gasteiger partial charge in [0.05, 0.1) is 0 Å². The molecule has 16 heavy (non-hydrogen) atoms. The van der Waals surface area contributed by atoms with Gasteiger partial charge in [-0.05, 0) is 11.5 Å². The first-order valence-electron chi connectivity index (χ1n) is 4.41. The van der Waals surface area contributed by atoms with Crippen molar-refractivity contribution in [1.82, 2.24) is 0 Å². The summed E-state index contributed by atoms with van der Waals surface area (Å²) < 4.78 is 21.6. The van der Waals surface area contributed by atoms with E-state index in [9.17, 15) is 18.5 Å². The summed E-state index contributed by atoms with van der Waals surface area (Å²) in [6.45, 7) is 0. The Morgan fingerprint density at radius 1 is 1.00 bits per heavy atom. The molecule has 0 radical (unpaired) electrons. The molecule has 0 amide bonds. The lowest BCUT2D eigenvalue weighted by atomic mass is 10.1. The van der Waals surface area contributed by atoms with Gasteiger partial charge in [0, 0.05) is 5.39 Å². The van der Waals surface area contributed by atoms with Gasteiger partial charge in [-0.3, -0.25) is 0 Å². The van der Waals surface area contributed by atoms with Crippen LogP contribution in [0.2, 0.25) is 0 Å². The second kappa shape index (κ2) is 3.57. The van der Waals surface area contributed by atoms with E-state index < -0.39 is 14.4 Å². The van der Waals surface area contributed by atoms with Crippen molar-refractivity contribution in [3.05, 3.63) is 52.6 Å². The Hall–Kier alpha value is -1.95. The normalized spacial score (nSPS) is 11.5. The maximum Gasteiger partial charge on any atom is 0.449 e. The van der Waals surface area contributed by atoms with E-state index in [1.807, 2.05) is 0 Å². The number of sulfonamides is 1. The summed E-state index contributed by atoms with van der Waals surface area (Å²) in [6.07, 6.45) is 0. The summed E-state index contributed by atoms with van der Waals surface area (Å²) in [4.78, 5) is 10.2. The topological polar surface area (TPSA) is 77.3 Å². The van der Waals surface area contributed by atoms with Crippen LogP contribution in [-0.2, 0) is 10.0 Å². The Morgan fingerprint density at radius 2 is 1.62 bits per heavy atom. The highest BCUT2D eigenvalue weighted by Crippen LogP contribution is 2.23. The number of nitrogens with zero attached hydrogens (tertiary/aromatic N) is 1. The molecule has 2 aromatic carbocycles. The number of fused-ring (bicyclic) bond motifs is 1. The zero-order valence-corrected chi connectivity index (χ0v) is 8.85. The monoisotopic (exact) mass is 237 g/mol. The van der Waals surface area contributed by atoms with Gasteiger partial charge in [-0.15, -0.1) is 0 Å². The SMILES string of the molecule is O=[N+]([O-])S(=O)(=O)c1cccc2ccccc12. The lowest BCUT2D eigenvalue weighted by Crippen LogP contribution is -2.12. The molecule has 82 valence electrons. The average Bonchev–Trinajstić information content (AvgIpc) is 2.28. The van der Waals surface area contributed by atoms with Crippen LogP contribution in [0.3, 0.4) is 0 Å². The Bertz CT molecular complexity index is 658. The van der Waals surface area contributed by atoms with Gasteiger partial charge in [0.15, 0.2) is 4.33 Å². The van der Waals surface area contributed by atoms with Crippen LogP contribution >= 0.6 is 0 Å². The Morgan fingerprint density at radius 3 is 2.31 bits per heavy atom. The van der Waals surface area contributed by atoms with Crippen molar-refractivity contribution in [2.24, 2.45) is 0 Å². The summed E-state index contributed by atoms with van der Waals surface area (Å²) in [5, 5.41) is 11.5. The molecule has 0 saturated carbocycles. The Labute approximate surface area is 91.5 Å². The van der Waals surface area contributed by atoms with E-state index in [0.29, 0.717) is 10.8 Å². The third-order valence-corrected chi connectivity index (χ3v) is 3.53. The largest absolute Gasteiger partial charge is 0.449 e. The summed E-state index contributed by atoms with van der Waals surface area (Å²) in [7, 11) is -4.48. The summed E-state index contributed by atoms with van der Waals surface area (Å²) in [5.74, 6) is 0. The quantitative estimate of drug-likeness (QED) is 0.589. The van der Waals surface area contributed by atoms with Gasteiger partial charge in [-0.2, -0.15) is 8.42 Å². The van der Waals surface area contributed by atoms with E-state index in [1.165, 1.54) is 12.1 Å². The van der Waals surface area contributed by atoms with Gasteiger partial charge < -0.3 is 0 Å². The summed E-state index contributed by atoms with van der Waals surface area (Å²) in [5.41, 5.74) is 0. The van der Waals surface area contributed by atoms with Crippen molar-refractivity contribution in [2.45, 2.75) is 4.90 Å². The number of nitro groups is 1. The highest BCUT2D eigenvalue weighted by molar-refractivity contribution is 7.85. The van der Waals surface area contributed by atoms with Crippen LogP contribution < -0.4 is 0 Å². The fourth-order valence-electron chi connectivity index (χ4n) is 1.50. The maximum absolute atomic E-state index is 11.4. The van der Waals surface area contributed by atoms with E-state index in [0.717, 1.165) is 0 Å². The van der Waals surface area contributed by atoms with Gasteiger partial charge in [0.1, 0.15) is 4.90 Å². The predicted molar refractivity (Wildman–Crippen MR) is 58.1 cm³/mol. The molecule has 5 nitrogen and oxygen atoms in total. The van der Waals surface area contributed by atoms with E-state index in [2.05, 4.69) is 0 Å². The average molecular weight is 237 g/mol. The van der Waals surface area contributed by atoms with Crippen LogP contribution in [0.1, 0.15) is 0 Å². The number of rotatable bonds is 2. The van der Waals surface area contributed by atoms with Crippen molar-refractivity contribution in [2.75, 3.05) is 0 Å². The van der Waals surface area contributed by atoms with Crippen molar-refractivity contribution in [1.29, 1.82) is 0 Å². The van der Waals surface area contributed by atoms with Crippen LogP contribution in [-0.4, -0.2) is 12.7 Å². The zero-order chi connectivity index (χ0) is 11.8. The van der Waals surface area contributed by atoms with Crippen LogP contribution in [0, 0.1) is 10.1 Å². The predicted octanol–water partition coefficient (Wildman–Crippen LogP) is 1.81. The molecule has 0 N–H and O–H groups in total. The van der Waals surface area contributed by atoms with Gasteiger partial charge in [0.2, 0.25) is 0 Å². The highest BCUT2D eigenvalue weighted by atomic mass is 32.2. The molecule has 2 rings (SSSR count). The Balaban J connectivity index is 2.86. The first kappa shape index (κ1) is 10.6. The van der Waals surface area contributed by atoms with Crippen molar-refractivity contribution in [3.8, 4) is 0 Å². The molecule has 0 heterocycles. The molecule has 0 saturated heterocycles. The minimum Gasteiger partial charge on any atom is -0.247 e. The molecule has 0 aliphatic heterocycles. The molecule has 0 aromatic heterocycles. The minimum atomic E-state index is -4.48. The minimum absolute atomic E-state index is 0.268. The van der Waals surface area contributed by atoms with Gasteiger partial charge in [0.25, 0.3) is 0 Å². The van der Waals surface area contributed by atoms with Gasteiger partial charge in [-0.25, -0.2) is 10.1 Å². The molecule has 0 bridgehead atoms. The second-order valence-corrected chi connectivity index (χ2v) is 4.86. The molecule has 0 aliphatic rings. The summed E-state index contributed by atoms with van der Waals surface area (Å²) >= 11 is 0.